The lowest BCUT2D eigenvalue weighted by Crippen LogP contribution is -2.14. The average Bonchev–Trinajstić information content (AvgIpc) is 1.97. The zero-order valence-corrected chi connectivity index (χ0v) is 6.21. The summed E-state index contributed by atoms with van der Waals surface area (Å²) in [7, 11) is 0. The highest BCUT2D eigenvalue weighted by Crippen LogP contribution is 1.75. The Morgan fingerprint density at radius 1 is 0.727 bits per heavy atom. The van der Waals surface area contributed by atoms with Crippen LogP contribution in [0, 0.1) is 0 Å². The summed E-state index contributed by atoms with van der Waals surface area (Å²) < 4.78 is 10.1. The van der Waals surface area contributed by atoms with E-state index in [0.29, 0.717) is 39.5 Å². The third kappa shape index (κ3) is 12.9. The molecule has 4 heteroatoms. The quantitative estimate of drug-likeness (QED) is 0.501. The molecule has 0 aliphatic rings. The molecule has 0 aromatic carbocycles. The van der Waals surface area contributed by atoms with Gasteiger partial charge >= 0.3 is 0 Å². The van der Waals surface area contributed by atoms with Crippen LogP contribution in [0.2, 0.25) is 0 Å². The molecule has 4 nitrogen and oxygen atoms in total. The monoisotopic (exact) mass is 164 g/mol. The van der Waals surface area contributed by atoms with E-state index in [1.807, 2.05) is 0 Å². The van der Waals surface area contributed by atoms with Crippen molar-refractivity contribution in [1.82, 2.24) is 0 Å². The molecule has 0 atom stereocenters. The van der Waals surface area contributed by atoms with Crippen molar-refractivity contribution >= 4 is 0 Å². The molecule has 0 aromatic heterocycles. The Bertz CT molecular complexity index is 54.4. The van der Waals surface area contributed by atoms with Crippen LogP contribution in [0.5, 0.6) is 0 Å². The number of ether oxygens (including phenoxy) is 2. The van der Waals surface area contributed by atoms with Crippen LogP contribution >= 0.6 is 0 Å². The first-order valence-electron chi connectivity index (χ1n) is 3.47. The first-order valence-corrected chi connectivity index (χ1v) is 3.47. The topological polar surface area (TPSA) is 70.5 Å². The highest BCUT2D eigenvalue weighted by Gasteiger charge is 1.85. The zero-order valence-electron chi connectivity index (χ0n) is 6.21. The van der Waals surface area contributed by atoms with Gasteiger partial charge in [-0.15, -0.1) is 0 Å². The fourth-order valence-electron chi connectivity index (χ4n) is 0.489. The van der Waals surface area contributed by atoms with Crippen LogP contribution < -0.4 is 11.5 Å². The first-order chi connectivity index (χ1) is 4.91. The second kappa shape index (κ2) is 12.5. The van der Waals surface area contributed by atoms with Gasteiger partial charge in [0.1, 0.15) is 0 Å². The van der Waals surface area contributed by atoms with Crippen molar-refractivity contribution in [1.29, 1.82) is 0 Å². The number of nitrogens with two attached hydrogens (primary N) is 2. The van der Waals surface area contributed by atoms with Crippen molar-refractivity contribution in [2.75, 3.05) is 39.5 Å². The van der Waals surface area contributed by atoms with Gasteiger partial charge in [-0.25, -0.2) is 0 Å². The number of rotatable bonds is 7. The Morgan fingerprint density at radius 2 is 1.09 bits per heavy atom. The van der Waals surface area contributed by atoms with E-state index in [-0.39, 0.29) is 7.43 Å². The summed E-state index contributed by atoms with van der Waals surface area (Å²) in [6.45, 7) is 3.56. The van der Waals surface area contributed by atoms with Crippen LogP contribution in [0.25, 0.3) is 0 Å². The maximum absolute atomic E-state index is 5.18. The van der Waals surface area contributed by atoms with Crippen LogP contribution in [-0.4, -0.2) is 39.5 Å². The van der Waals surface area contributed by atoms with Crippen LogP contribution in [-0.2, 0) is 9.47 Å². The number of hydrogen-bond donors (Lipinski definition) is 2. The van der Waals surface area contributed by atoms with Crippen molar-refractivity contribution < 1.29 is 9.47 Å². The zero-order chi connectivity index (χ0) is 7.66. The molecule has 0 rings (SSSR count). The normalized spacial score (nSPS) is 9.27. The molecule has 0 saturated heterocycles. The standard InChI is InChI=1S/C6H16N2O2.CH4/c7-1-3-9-5-6-10-4-2-8;/h1-8H2;1H4. The molecule has 4 N–H and O–H groups in total. The average molecular weight is 164 g/mol. The summed E-state index contributed by atoms with van der Waals surface area (Å²) in [4.78, 5) is 0. The second-order valence-corrected chi connectivity index (χ2v) is 1.80. The number of hydrogen-bond acceptors (Lipinski definition) is 4. The molecule has 0 heterocycles. The lowest BCUT2D eigenvalue weighted by atomic mass is 10.7. The molecule has 0 aliphatic carbocycles. The maximum Gasteiger partial charge on any atom is 0.0701 e. The molecule has 11 heavy (non-hydrogen) atoms. The Morgan fingerprint density at radius 3 is 1.36 bits per heavy atom. The maximum atomic E-state index is 5.18. The highest BCUT2D eigenvalue weighted by molar-refractivity contribution is 4.34. The third-order valence-corrected chi connectivity index (χ3v) is 0.896. The molecule has 0 amide bonds. The van der Waals surface area contributed by atoms with Crippen LogP contribution in [0.3, 0.4) is 0 Å². The molecular formula is C7H20N2O2. The molecule has 70 valence electrons. The van der Waals surface area contributed by atoms with Gasteiger partial charge in [-0.1, -0.05) is 7.43 Å². The van der Waals surface area contributed by atoms with E-state index in [4.69, 9.17) is 20.9 Å². The summed E-state index contributed by atoms with van der Waals surface area (Å²) >= 11 is 0. The molecule has 0 radical (unpaired) electrons. The predicted molar refractivity (Wildman–Crippen MR) is 46.5 cm³/mol. The summed E-state index contributed by atoms with van der Waals surface area (Å²) in [5.41, 5.74) is 10.4. The second-order valence-electron chi connectivity index (χ2n) is 1.80. The van der Waals surface area contributed by atoms with Crippen molar-refractivity contribution in [2.24, 2.45) is 11.5 Å². The fourth-order valence-corrected chi connectivity index (χ4v) is 0.489. The van der Waals surface area contributed by atoms with Gasteiger partial charge < -0.3 is 20.9 Å². The summed E-state index contributed by atoms with van der Waals surface area (Å²) in [5, 5.41) is 0. The predicted octanol–water partition coefficient (Wildman–Crippen LogP) is -0.427. The molecule has 0 aliphatic heterocycles. The lowest BCUT2D eigenvalue weighted by Gasteiger charge is -2.02. The first kappa shape index (κ1) is 13.4. The Kier molecular flexibility index (Phi) is 15.3. The van der Waals surface area contributed by atoms with Crippen molar-refractivity contribution in [3.63, 3.8) is 0 Å². The van der Waals surface area contributed by atoms with Crippen molar-refractivity contribution in [3.8, 4) is 0 Å². The summed E-state index contributed by atoms with van der Waals surface area (Å²) in [5.74, 6) is 0. The van der Waals surface area contributed by atoms with E-state index in [2.05, 4.69) is 0 Å². The van der Waals surface area contributed by atoms with E-state index < -0.39 is 0 Å². The van der Waals surface area contributed by atoms with Gasteiger partial charge in [0.25, 0.3) is 0 Å². The molecule has 0 fully saturated rings. The third-order valence-electron chi connectivity index (χ3n) is 0.896. The van der Waals surface area contributed by atoms with Gasteiger partial charge in [-0.3, -0.25) is 0 Å². The molecule has 0 saturated carbocycles. The van der Waals surface area contributed by atoms with Crippen molar-refractivity contribution in [2.45, 2.75) is 7.43 Å². The molecule has 0 aromatic rings. The minimum atomic E-state index is 0. The highest BCUT2D eigenvalue weighted by atomic mass is 16.5. The van der Waals surface area contributed by atoms with Gasteiger partial charge in [0.05, 0.1) is 26.4 Å². The Hall–Kier alpha value is -0.160. The molecule has 0 bridgehead atoms. The van der Waals surface area contributed by atoms with E-state index in [9.17, 15) is 0 Å². The van der Waals surface area contributed by atoms with Crippen LogP contribution in [0.1, 0.15) is 7.43 Å². The van der Waals surface area contributed by atoms with E-state index in [0.717, 1.165) is 0 Å². The van der Waals surface area contributed by atoms with E-state index in [1.165, 1.54) is 0 Å². The van der Waals surface area contributed by atoms with E-state index in [1.54, 1.807) is 0 Å². The minimum Gasteiger partial charge on any atom is -0.378 e. The lowest BCUT2D eigenvalue weighted by molar-refractivity contribution is 0.0538. The van der Waals surface area contributed by atoms with Gasteiger partial charge in [-0.2, -0.15) is 0 Å². The molecule has 0 spiro atoms. The molecular weight excluding hydrogens is 144 g/mol. The van der Waals surface area contributed by atoms with Crippen molar-refractivity contribution in [3.05, 3.63) is 0 Å². The smallest absolute Gasteiger partial charge is 0.0701 e. The minimum absolute atomic E-state index is 0. The summed E-state index contributed by atoms with van der Waals surface area (Å²) in [6, 6.07) is 0. The fraction of sp³-hybridized carbons (Fsp3) is 1.00. The van der Waals surface area contributed by atoms with Gasteiger partial charge in [0, 0.05) is 13.1 Å². The SMILES string of the molecule is C.NCCOCCOCCN. The van der Waals surface area contributed by atoms with Gasteiger partial charge in [0.2, 0.25) is 0 Å². The van der Waals surface area contributed by atoms with Gasteiger partial charge in [-0.05, 0) is 0 Å². The molecule has 0 unspecified atom stereocenters. The Labute approximate surface area is 68.8 Å². The largest absolute Gasteiger partial charge is 0.378 e. The van der Waals surface area contributed by atoms with Crippen LogP contribution in [0.15, 0.2) is 0 Å². The van der Waals surface area contributed by atoms with Crippen LogP contribution in [0.4, 0.5) is 0 Å². The van der Waals surface area contributed by atoms with E-state index >= 15 is 0 Å². The summed E-state index contributed by atoms with van der Waals surface area (Å²) in [6.07, 6.45) is 0. The van der Waals surface area contributed by atoms with Gasteiger partial charge in [0.15, 0.2) is 0 Å². The Balaban J connectivity index is 0.